The molecular formula is C17H26O6. The first-order chi connectivity index (χ1) is 11.1. The summed E-state index contributed by atoms with van der Waals surface area (Å²) in [6, 6.07) is 10.3. The van der Waals surface area contributed by atoms with E-state index in [0.29, 0.717) is 6.61 Å². The minimum Gasteiger partial charge on any atom is -0.394 e. The summed E-state index contributed by atoms with van der Waals surface area (Å²) in [6.07, 6.45) is -2.16. The molecule has 6 heteroatoms. The third-order valence-corrected chi connectivity index (χ3v) is 4.08. The molecule has 0 unspecified atom stereocenters. The maximum Gasteiger partial charge on any atom is 0.186 e. The fraction of sp³-hybridized carbons (Fsp3) is 0.647. The molecule has 0 bridgehead atoms. The van der Waals surface area contributed by atoms with Crippen LogP contribution in [0.2, 0.25) is 0 Å². The lowest BCUT2D eigenvalue weighted by atomic mass is 9.99. The van der Waals surface area contributed by atoms with Gasteiger partial charge in [0.15, 0.2) is 6.29 Å². The summed E-state index contributed by atoms with van der Waals surface area (Å²) in [7, 11) is 0. The van der Waals surface area contributed by atoms with Crippen LogP contribution in [0.1, 0.15) is 24.8 Å². The second-order valence-electron chi connectivity index (χ2n) is 5.86. The van der Waals surface area contributed by atoms with Gasteiger partial charge in [0.1, 0.15) is 24.4 Å². The van der Waals surface area contributed by atoms with Gasteiger partial charge in [-0.1, -0.05) is 36.8 Å². The average Bonchev–Trinajstić information content (AvgIpc) is 2.58. The molecule has 6 nitrogen and oxygen atoms in total. The van der Waals surface area contributed by atoms with E-state index in [1.807, 2.05) is 18.2 Å². The molecule has 0 amide bonds. The Morgan fingerprint density at radius 2 is 1.65 bits per heavy atom. The van der Waals surface area contributed by atoms with Crippen LogP contribution in [0.25, 0.3) is 0 Å². The molecule has 1 fully saturated rings. The number of benzene rings is 1. The molecule has 1 aliphatic heterocycles. The highest BCUT2D eigenvalue weighted by molar-refractivity contribution is 5.14. The molecule has 0 aliphatic carbocycles. The fourth-order valence-electron chi connectivity index (χ4n) is 2.66. The van der Waals surface area contributed by atoms with Crippen molar-refractivity contribution in [1.29, 1.82) is 0 Å². The maximum atomic E-state index is 9.83. The largest absolute Gasteiger partial charge is 0.394 e. The Morgan fingerprint density at radius 3 is 2.35 bits per heavy atom. The van der Waals surface area contributed by atoms with Gasteiger partial charge >= 0.3 is 0 Å². The first-order valence-electron chi connectivity index (χ1n) is 8.09. The minimum atomic E-state index is -1.39. The summed E-state index contributed by atoms with van der Waals surface area (Å²) >= 11 is 0. The van der Waals surface area contributed by atoms with Crippen LogP contribution in [0, 0.1) is 0 Å². The van der Waals surface area contributed by atoms with E-state index in [2.05, 4.69) is 12.1 Å². The molecule has 4 N–H and O–H groups in total. The summed E-state index contributed by atoms with van der Waals surface area (Å²) in [5.41, 5.74) is 1.31. The number of aryl methyl sites for hydroxylation is 1. The normalized spacial score (nSPS) is 31.2. The van der Waals surface area contributed by atoms with Crippen LogP contribution in [-0.2, 0) is 15.9 Å². The summed E-state index contributed by atoms with van der Waals surface area (Å²) in [6.45, 7) is -0.0562. The molecule has 1 saturated heterocycles. The van der Waals surface area contributed by atoms with Crippen molar-refractivity contribution in [3.8, 4) is 0 Å². The Bertz CT molecular complexity index is 438. The van der Waals surface area contributed by atoms with Gasteiger partial charge in [0, 0.05) is 6.61 Å². The molecule has 1 aromatic rings. The van der Waals surface area contributed by atoms with Crippen LogP contribution >= 0.6 is 0 Å². The number of hydrogen-bond acceptors (Lipinski definition) is 6. The van der Waals surface area contributed by atoms with Gasteiger partial charge in [-0.3, -0.25) is 0 Å². The zero-order valence-corrected chi connectivity index (χ0v) is 13.1. The number of aliphatic hydroxyl groups is 4. The van der Waals surface area contributed by atoms with Crippen LogP contribution in [0.3, 0.4) is 0 Å². The number of hydrogen-bond donors (Lipinski definition) is 4. The lowest BCUT2D eigenvalue weighted by Gasteiger charge is -2.39. The van der Waals surface area contributed by atoms with Crippen LogP contribution < -0.4 is 0 Å². The Balaban J connectivity index is 1.63. The summed E-state index contributed by atoms with van der Waals surface area (Å²) in [5.74, 6) is 0. The number of aliphatic hydroxyl groups excluding tert-OH is 4. The second kappa shape index (κ2) is 9.32. The van der Waals surface area contributed by atoms with E-state index in [0.717, 1.165) is 25.7 Å². The topological polar surface area (TPSA) is 99.4 Å². The number of unbranched alkanes of at least 4 members (excludes halogenated alkanes) is 2. The molecule has 0 aromatic heterocycles. The van der Waals surface area contributed by atoms with Crippen molar-refractivity contribution in [3.63, 3.8) is 0 Å². The summed E-state index contributed by atoms with van der Waals surface area (Å²) in [5, 5.41) is 38.3. The lowest BCUT2D eigenvalue weighted by molar-refractivity contribution is -0.301. The smallest absolute Gasteiger partial charge is 0.186 e. The molecule has 0 saturated carbocycles. The molecule has 130 valence electrons. The van der Waals surface area contributed by atoms with Crippen molar-refractivity contribution in [2.45, 2.75) is 56.4 Å². The molecule has 23 heavy (non-hydrogen) atoms. The number of rotatable bonds is 8. The van der Waals surface area contributed by atoms with E-state index < -0.39 is 37.3 Å². The van der Waals surface area contributed by atoms with Gasteiger partial charge in [-0.2, -0.15) is 0 Å². The van der Waals surface area contributed by atoms with E-state index in [4.69, 9.17) is 14.6 Å². The predicted molar refractivity (Wildman–Crippen MR) is 83.7 cm³/mol. The monoisotopic (exact) mass is 326 g/mol. The molecule has 0 spiro atoms. The minimum absolute atomic E-state index is 0.386. The standard InChI is InChI=1S/C17H26O6/c18-11-13-14(19)15(20)16(21)17(23-13)22-10-6-2-5-9-12-7-3-1-4-8-12/h1,3-4,7-8,13-21H,2,5-6,9-11H2/t13-,14-,15+,16-,17+/m1/s1. The van der Waals surface area contributed by atoms with Gasteiger partial charge in [0.25, 0.3) is 0 Å². The van der Waals surface area contributed by atoms with Crippen LogP contribution in [0.4, 0.5) is 0 Å². The van der Waals surface area contributed by atoms with Crippen molar-refractivity contribution in [2.75, 3.05) is 13.2 Å². The van der Waals surface area contributed by atoms with Crippen molar-refractivity contribution in [2.24, 2.45) is 0 Å². The van der Waals surface area contributed by atoms with Crippen molar-refractivity contribution < 1.29 is 29.9 Å². The SMILES string of the molecule is OC[C@H]1O[C@H](OCCCCCc2ccccc2)[C@H](O)[C@@H](O)[C@@H]1O. The van der Waals surface area contributed by atoms with Gasteiger partial charge in [-0.05, 0) is 24.8 Å². The molecule has 2 rings (SSSR count). The fourth-order valence-corrected chi connectivity index (χ4v) is 2.66. The van der Waals surface area contributed by atoms with Crippen molar-refractivity contribution in [3.05, 3.63) is 35.9 Å². The third-order valence-electron chi connectivity index (χ3n) is 4.08. The quantitative estimate of drug-likeness (QED) is 0.510. The Labute approximate surface area is 136 Å². The van der Waals surface area contributed by atoms with Crippen molar-refractivity contribution >= 4 is 0 Å². The Hall–Kier alpha value is -1.02. The van der Waals surface area contributed by atoms with Gasteiger partial charge in [0.05, 0.1) is 6.61 Å². The first kappa shape index (κ1) is 18.3. The molecule has 1 heterocycles. The number of ether oxygens (including phenoxy) is 2. The van der Waals surface area contributed by atoms with E-state index in [1.54, 1.807) is 0 Å². The molecule has 1 aliphatic rings. The highest BCUT2D eigenvalue weighted by Gasteiger charge is 2.43. The maximum absolute atomic E-state index is 9.83. The Kier molecular flexibility index (Phi) is 7.42. The van der Waals surface area contributed by atoms with Crippen molar-refractivity contribution in [1.82, 2.24) is 0 Å². The van der Waals surface area contributed by atoms with E-state index in [1.165, 1.54) is 5.56 Å². The molecule has 5 atom stereocenters. The molecular weight excluding hydrogens is 300 g/mol. The van der Waals surface area contributed by atoms with E-state index >= 15 is 0 Å². The van der Waals surface area contributed by atoms with E-state index in [-0.39, 0.29) is 0 Å². The molecule has 1 aromatic carbocycles. The Morgan fingerprint density at radius 1 is 0.913 bits per heavy atom. The van der Waals surface area contributed by atoms with E-state index in [9.17, 15) is 15.3 Å². The second-order valence-corrected chi connectivity index (χ2v) is 5.86. The average molecular weight is 326 g/mol. The van der Waals surface area contributed by atoms with Gasteiger partial charge in [-0.15, -0.1) is 0 Å². The van der Waals surface area contributed by atoms with Gasteiger partial charge in [-0.25, -0.2) is 0 Å². The summed E-state index contributed by atoms with van der Waals surface area (Å²) < 4.78 is 10.7. The first-order valence-corrected chi connectivity index (χ1v) is 8.09. The summed E-state index contributed by atoms with van der Waals surface area (Å²) in [4.78, 5) is 0. The van der Waals surface area contributed by atoms with Gasteiger partial charge < -0.3 is 29.9 Å². The van der Waals surface area contributed by atoms with Crippen LogP contribution in [-0.4, -0.2) is 64.3 Å². The zero-order chi connectivity index (χ0) is 16.7. The van der Waals surface area contributed by atoms with Crippen LogP contribution in [0.15, 0.2) is 30.3 Å². The zero-order valence-electron chi connectivity index (χ0n) is 13.1. The molecule has 0 radical (unpaired) electrons. The third kappa shape index (κ3) is 5.24. The van der Waals surface area contributed by atoms with Crippen LogP contribution in [0.5, 0.6) is 0 Å². The predicted octanol–water partition coefficient (Wildman–Crippen LogP) is 0.216. The van der Waals surface area contributed by atoms with Gasteiger partial charge in [0.2, 0.25) is 0 Å². The lowest BCUT2D eigenvalue weighted by Crippen LogP contribution is -2.59. The highest BCUT2D eigenvalue weighted by Crippen LogP contribution is 2.22. The highest BCUT2D eigenvalue weighted by atomic mass is 16.7.